The molecule has 3 aromatic carbocycles. The molecule has 0 aromatic heterocycles. The summed E-state index contributed by atoms with van der Waals surface area (Å²) in [4.78, 5) is 27.3. The highest BCUT2D eigenvalue weighted by molar-refractivity contribution is 9.10. The summed E-state index contributed by atoms with van der Waals surface area (Å²) in [5.41, 5.74) is 0.727. The topological polar surface area (TPSA) is 58.6 Å². The van der Waals surface area contributed by atoms with E-state index in [9.17, 15) is 14.0 Å². The summed E-state index contributed by atoms with van der Waals surface area (Å²) in [6.07, 6.45) is 1.82. The lowest BCUT2D eigenvalue weighted by molar-refractivity contribution is -0.142. The average molecular weight is 515 g/mol. The van der Waals surface area contributed by atoms with E-state index in [-0.39, 0.29) is 30.8 Å². The number of nitrogens with zero attached hydrogens (tertiary/aromatic N) is 1. The van der Waals surface area contributed by atoms with Crippen molar-refractivity contribution in [2.75, 3.05) is 13.2 Å². The van der Waals surface area contributed by atoms with Crippen LogP contribution in [0.2, 0.25) is 0 Å². The SMILES string of the molecule is CCCCNC(=O)C(C)N(Cc1ccc(F)cc1)C(=O)COc1ccc2ccccc2c1Br. The number of benzene rings is 3. The molecule has 0 heterocycles. The van der Waals surface area contributed by atoms with Crippen LogP contribution in [0.15, 0.2) is 65.1 Å². The molecule has 0 aliphatic carbocycles. The molecule has 0 saturated carbocycles. The van der Waals surface area contributed by atoms with Crippen molar-refractivity contribution in [1.82, 2.24) is 10.2 Å². The fourth-order valence-electron chi connectivity index (χ4n) is 3.45. The smallest absolute Gasteiger partial charge is 0.261 e. The maximum Gasteiger partial charge on any atom is 0.261 e. The van der Waals surface area contributed by atoms with E-state index in [0.29, 0.717) is 12.3 Å². The van der Waals surface area contributed by atoms with E-state index in [1.54, 1.807) is 19.1 Å². The summed E-state index contributed by atoms with van der Waals surface area (Å²) in [7, 11) is 0. The summed E-state index contributed by atoms with van der Waals surface area (Å²) >= 11 is 3.57. The maximum atomic E-state index is 13.3. The van der Waals surface area contributed by atoms with Gasteiger partial charge in [-0.05, 0) is 63.8 Å². The van der Waals surface area contributed by atoms with Gasteiger partial charge in [0.15, 0.2) is 6.61 Å². The molecule has 0 fully saturated rings. The number of halogens is 2. The molecular formula is C26H28BrFN2O3. The maximum absolute atomic E-state index is 13.3. The second kappa shape index (κ2) is 11.8. The number of ether oxygens (including phenoxy) is 1. The van der Waals surface area contributed by atoms with Crippen LogP contribution in [-0.2, 0) is 16.1 Å². The second-order valence-corrected chi connectivity index (χ2v) is 8.65. The van der Waals surface area contributed by atoms with Crippen LogP contribution >= 0.6 is 15.9 Å². The monoisotopic (exact) mass is 514 g/mol. The second-order valence-electron chi connectivity index (χ2n) is 7.86. The highest BCUT2D eigenvalue weighted by Crippen LogP contribution is 2.33. The Balaban J connectivity index is 1.75. The zero-order valence-corrected chi connectivity index (χ0v) is 20.4. The highest BCUT2D eigenvalue weighted by Gasteiger charge is 2.26. The first-order chi connectivity index (χ1) is 15.9. The predicted molar refractivity (Wildman–Crippen MR) is 131 cm³/mol. The van der Waals surface area contributed by atoms with Gasteiger partial charge in [-0.3, -0.25) is 9.59 Å². The van der Waals surface area contributed by atoms with Gasteiger partial charge in [0, 0.05) is 13.1 Å². The molecule has 0 aliphatic rings. The van der Waals surface area contributed by atoms with Gasteiger partial charge in [-0.25, -0.2) is 4.39 Å². The Bertz CT molecular complexity index is 1100. The van der Waals surface area contributed by atoms with Gasteiger partial charge < -0.3 is 15.0 Å². The van der Waals surface area contributed by atoms with Gasteiger partial charge in [-0.2, -0.15) is 0 Å². The lowest BCUT2D eigenvalue weighted by Gasteiger charge is -2.29. The first kappa shape index (κ1) is 24.7. The molecule has 0 bridgehead atoms. The number of carbonyl (C=O) groups excluding carboxylic acids is 2. The number of amides is 2. The van der Waals surface area contributed by atoms with Crippen LogP contribution in [0.1, 0.15) is 32.3 Å². The van der Waals surface area contributed by atoms with Gasteiger partial charge in [-0.15, -0.1) is 0 Å². The molecule has 2 amide bonds. The Kier molecular flexibility index (Phi) is 8.83. The molecule has 7 heteroatoms. The van der Waals surface area contributed by atoms with Crippen LogP contribution in [0.25, 0.3) is 10.8 Å². The minimum atomic E-state index is -0.706. The molecule has 3 aromatic rings. The normalized spacial score (nSPS) is 11.8. The van der Waals surface area contributed by atoms with Crippen molar-refractivity contribution in [2.24, 2.45) is 0 Å². The van der Waals surface area contributed by atoms with Crippen molar-refractivity contribution >= 4 is 38.5 Å². The lowest BCUT2D eigenvalue weighted by Crippen LogP contribution is -2.49. The third kappa shape index (κ3) is 6.54. The van der Waals surface area contributed by atoms with Crippen LogP contribution < -0.4 is 10.1 Å². The first-order valence-electron chi connectivity index (χ1n) is 11.0. The van der Waals surface area contributed by atoms with Crippen molar-refractivity contribution in [3.63, 3.8) is 0 Å². The molecule has 174 valence electrons. The van der Waals surface area contributed by atoms with E-state index in [2.05, 4.69) is 21.2 Å². The van der Waals surface area contributed by atoms with E-state index in [0.717, 1.165) is 33.7 Å². The zero-order chi connectivity index (χ0) is 23.8. The molecular weight excluding hydrogens is 487 g/mol. The minimum Gasteiger partial charge on any atom is -0.483 e. The Morgan fingerprint density at radius 3 is 2.55 bits per heavy atom. The summed E-state index contributed by atoms with van der Waals surface area (Å²) in [5, 5.41) is 4.91. The number of unbranched alkanes of at least 4 members (excludes halogenated alkanes) is 1. The first-order valence-corrected chi connectivity index (χ1v) is 11.8. The van der Waals surface area contributed by atoms with Gasteiger partial charge >= 0.3 is 0 Å². The summed E-state index contributed by atoms with van der Waals surface area (Å²) in [6, 6.07) is 16.8. The average Bonchev–Trinajstić information content (AvgIpc) is 2.83. The Morgan fingerprint density at radius 2 is 1.82 bits per heavy atom. The molecule has 0 spiro atoms. The Labute approximate surface area is 202 Å². The number of fused-ring (bicyclic) bond motifs is 1. The summed E-state index contributed by atoms with van der Waals surface area (Å²) in [6.45, 7) is 4.23. The third-order valence-electron chi connectivity index (χ3n) is 5.44. The fraction of sp³-hybridized carbons (Fsp3) is 0.308. The Morgan fingerprint density at radius 1 is 1.09 bits per heavy atom. The molecule has 0 saturated heterocycles. The largest absolute Gasteiger partial charge is 0.483 e. The van der Waals surface area contributed by atoms with Crippen molar-refractivity contribution in [1.29, 1.82) is 0 Å². The van der Waals surface area contributed by atoms with E-state index >= 15 is 0 Å². The van der Waals surface area contributed by atoms with E-state index < -0.39 is 6.04 Å². The van der Waals surface area contributed by atoms with Crippen LogP contribution in [0, 0.1) is 5.82 Å². The van der Waals surface area contributed by atoms with Gasteiger partial charge in [-0.1, -0.05) is 55.8 Å². The molecule has 0 radical (unpaired) electrons. The van der Waals surface area contributed by atoms with Gasteiger partial charge in [0.25, 0.3) is 5.91 Å². The van der Waals surface area contributed by atoms with E-state index in [4.69, 9.17) is 4.74 Å². The number of nitrogens with one attached hydrogen (secondary N) is 1. The molecule has 3 rings (SSSR count). The van der Waals surface area contributed by atoms with Gasteiger partial charge in [0.2, 0.25) is 5.91 Å². The lowest BCUT2D eigenvalue weighted by atomic mass is 10.1. The van der Waals surface area contributed by atoms with Gasteiger partial charge in [0.1, 0.15) is 17.6 Å². The van der Waals surface area contributed by atoms with Crippen LogP contribution in [0.3, 0.4) is 0 Å². The van der Waals surface area contributed by atoms with Gasteiger partial charge in [0.05, 0.1) is 4.47 Å². The van der Waals surface area contributed by atoms with Crippen molar-refractivity contribution in [2.45, 2.75) is 39.3 Å². The number of hydrogen-bond donors (Lipinski definition) is 1. The molecule has 33 heavy (non-hydrogen) atoms. The quantitative estimate of drug-likeness (QED) is 0.365. The summed E-state index contributed by atoms with van der Waals surface area (Å²) < 4.78 is 19.9. The van der Waals surface area contributed by atoms with Crippen LogP contribution in [0.5, 0.6) is 5.75 Å². The Hall–Kier alpha value is -2.93. The summed E-state index contributed by atoms with van der Waals surface area (Å²) in [5.74, 6) is -0.376. The molecule has 5 nitrogen and oxygen atoms in total. The van der Waals surface area contributed by atoms with E-state index in [1.165, 1.54) is 17.0 Å². The van der Waals surface area contributed by atoms with Crippen molar-refractivity contribution in [3.05, 3.63) is 76.5 Å². The van der Waals surface area contributed by atoms with Crippen LogP contribution in [-0.4, -0.2) is 35.9 Å². The number of carbonyl (C=O) groups is 2. The minimum absolute atomic E-state index is 0.170. The van der Waals surface area contributed by atoms with Crippen molar-refractivity contribution in [3.8, 4) is 5.75 Å². The molecule has 0 aliphatic heterocycles. The highest BCUT2D eigenvalue weighted by atomic mass is 79.9. The number of rotatable bonds is 10. The predicted octanol–water partition coefficient (Wildman–Crippen LogP) is 5.45. The standard InChI is InChI=1S/C26H28BrFN2O3/c1-3-4-15-29-26(32)18(2)30(16-19-9-12-21(28)13-10-19)24(31)17-33-23-14-11-20-7-5-6-8-22(20)25(23)27/h5-14,18H,3-4,15-17H2,1-2H3,(H,29,32). The molecule has 1 atom stereocenters. The zero-order valence-electron chi connectivity index (χ0n) is 18.8. The molecule has 1 N–H and O–H groups in total. The van der Waals surface area contributed by atoms with Crippen LogP contribution in [0.4, 0.5) is 4.39 Å². The third-order valence-corrected chi connectivity index (χ3v) is 6.26. The van der Waals surface area contributed by atoms with Crippen molar-refractivity contribution < 1.29 is 18.7 Å². The fourth-order valence-corrected chi connectivity index (χ4v) is 4.06. The number of hydrogen-bond acceptors (Lipinski definition) is 3. The van der Waals surface area contributed by atoms with E-state index in [1.807, 2.05) is 43.3 Å². The molecule has 1 unspecified atom stereocenters.